The van der Waals surface area contributed by atoms with Gasteiger partial charge in [0.15, 0.2) is 0 Å². The van der Waals surface area contributed by atoms with Crippen LogP contribution in [0.25, 0.3) is 11.4 Å². The van der Waals surface area contributed by atoms with Crippen LogP contribution in [0.15, 0.2) is 53.2 Å². The molecule has 0 atom stereocenters. The summed E-state index contributed by atoms with van der Waals surface area (Å²) in [5.74, 6) is 2.41. The van der Waals surface area contributed by atoms with E-state index in [2.05, 4.69) is 20.4 Å². The molecule has 8 heteroatoms. The number of piperidine rings is 1. The smallest absolute Gasteiger partial charge is 0.235 e. The molecule has 0 unspecified atom stereocenters. The van der Waals surface area contributed by atoms with E-state index in [-0.39, 0.29) is 17.8 Å². The van der Waals surface area contributed by atoms with Crippen molar-refractivity contribution in [2.24, 2.45) is 0 Å². The number of para-hydroxylation sites is 1. The van der Waals surface area contributed by atoms with Gasteiger partial charge in [0.1, 0.15) is 5.75 Å². The van der Waals surface area contributed by atoms with E-state index in [1.165, 1.54) is 0 Å². The Balaban J connectivity index is 0.00000225. The molecule has 0 radical (unpaired) electrons. The molecule has 7 nitrogen and oxygen atoms in total. The number of pyridine rings is 1. The first-order chi connectivity index (χ1) is 13.3. The zero-order valence-corrected chi connectivity index (χ0v) is 16.4. The maximum absolute atomic E-state index is 5.72. The molecule has 148 valence electrons. The van der Waals surface area contributed by atoms with Crippen LogP contribution in [0.3, 0.4) is 0 Å². The van der Waals surface area contributed by atoms with E-state index in [0.717, 1.165) is 37.2 Å². The van der Waals surface area contributed by atoms with Crippen molar-refractivity contribution in [3.63, 3.8) is 0 Å². The van der Waals surface area contributed by atoms with Crippen molar-refractivity contribution in [3.05, 3.63) is 54.6 Å². The van der Waals surface area contributed by atoms with Crippen LogP contribution in [0.1, 0.15) is 18.7 Å². The van der Waals surface area contributed by atoms with Crippen LogP contribution in [0.5, 0.6) is 11.6 Å². The summed E-state index contributed by atoms with van der Waals surface area (Å²) in [6.07, 6.45) is 3.51. The third-order valence-electron chi connectivity index (χ3n) is 4.82. The van der Waals surface area contributed by atoms with Crippen LogP contribution < -0.4 is 10.1 Å². The first kappa shape index (κ1) is 20.3. The van der Waals surface area contributed by atoms with Gasteiger partial charge in [0, 0.05) is 24.9 Å². The second-order valence-electron chi connectivity index (χ2n) is 6.69. The molecule has 28 heavy (non-hydrogen) atoms. The Labute approximate surface area is 169 Å². The van der Waals surface area contributed by atoms with Crippen molar-refractivity contribution in [1.29, 1.82) is 0 Å². The summed E-state index contributed by atoms with van der Waals surface area (Å²) >= 11 is 0. The molecule has 2 aromatic heterocycles. The minimum atomic E-state index is -0.227. The largest absolute Gasteiger partial charge is 0.439 e. The maximum atomic E-state index is 5.72. The molecule has 1 N–H and O–H groups in total. The lowest BCUT2D eigenvalue weighted by Crippen LogP contribution is -2.43. The number of aromatic nitrogens is 3. The highest BCUT2D eigenvalue weighted by molar-refractivity contribution is 5.85. The van der Waals surface area contributed by atoms with Gasteiger partial charge in [-0.25, -0.2) is 4.98 Å². The molecule has 0 saturated carbocycles. The van der Waals surface area contributed by atoms with Crippen LogP contribution in [-0.4, -0.2) is 41.9 Å². The Morgan fingerprint density at radius 2 is 1.89 bits per heavy atom. The fourth-order valence-electron chi connectivity index (χ4n) is 3.34. The van der Waals surface area contributed by atoms with E-state index in [9.17, 15) is 0 Å². The minimum absolute atomic E-state index is 0. The fraction of sp³-hybridized carbons (Fsp3) is 0.350. The first-order valence-electron chi connectivity index (χ1n) is 9.02. The maximum Gasteiger partial charge on any atom is 0.235 e. The van der Waals surface area contributed by atoms with Gasteiger partial charge in [-0.1, -0.05) is 23.4 Å². The summed E-state index contributed by atoms with van der Waals surface area (Å²) in [5, 5.41) is 7.52. The van der Waals surface area contributed by atoms with Crippen molar-refractivity contribution in [2.75, 3.05) is 26.8 Å². The van der Waals surface area contributed by atoms with Gasteiger partial charge in [-0.05, 0) is 44.1 Å². The van der Waals surface area contributed by atoms with Crippen LogP contribution in [0.2, 0.25) is 0 Å². The van der Waals surface area contributed by atoms with E-state index in [4.69, 9.17) is 14.0 Å². The van der Waals surface area contributed by atoms with Gasteiger partial charge in [0.2, 0.25) is 17.6 Å². The average molecular weight is 403 g/mol. The first-order valence-corrected chi connectivity index (χ1v) is 9.02. The Bertz CT molecular complexity index is 859. The van der Waals surface area contributed by atoms with E-state index in [1.807, 2.05) is 36.4 Å². The van der Waals surface area contributed by atoms with E-state index in [1.54, 1.807) is 19.4 Å². The molecule has 0 spiro atoms. The molecule has 1 saturated heterocycles. The topological polar surface area (TPSA) is 82.3 Å². The number of hydrogen-bond donors (Lipinski definition) is 1. The predicted octanol–water partition coefficient (Wildman–Crippen LogP) is 3.61. The number of ether oxygens (including phenoxy) is 2. The SMILES string of the molecule is COCC1(c2nc(-c3ccc(Oc4ccccc4)nc3)no2)CCNCC1.Cl. The van der Waals surface area contributed by atoms with Crippen molar-refractivity contribution in [3.8, 4) is 23.0 Å². The molecule has 0 amide bonds. The number of methoxy groups -OCH3 is 1. The van der Waals surface area contributed by atoms with Crippen LogP contribution in [0, 0.1) is 0 Å². The molecule has 1 fully saturated rings. The average Bonchev–Trinajstić information content (AvgIpc) is 3.21. The number of nitrogens with zero attached hydrogens (tertiary/aromatic N) is 3. The Morgan fingerprint density at radius 1 is 1.11 bits per heavy atom. The number of benzene rings is 1. The highest BCUT2D eigenvalue weighted by atomic mass is 35.5. The van der Waals surface area contributed by atoms with Crippen molar-refractivity contribution in [2.45, 2.75) is 18.3 Å². The minimum Gasteiger partial charge on any atom is -0.439 e. The van der Waals surface area contributed by atoms with Crippen molar-refractivity contribution in [1.82, 2.24) is 20.4 Å². The molecule has 4 rings (SSSR count). The second kappa shape index (κ2) is 9.14. The zero-order valence-electron chi connectivity index (χ0n) is 15.6. The molecule has 1 aromatic carbocycles. The lowest BCUT2D eigenvalue weighted by Gasteiger charge is -2.33. The summed E-state index contributed by atoms with van der Waals surface area (Å²) in [7, 11) is 1.70. The number of hydrogen-bond acceptors (Lipinski definition) is 7. The Kier molecular flexibility index (Phi) is 6.61. The van der Waals surface area contributed by atoms with Crippen LogP contribution in [-0.2, 0) is 10.2 Å². The van der Waals surface area contributed by atoms with Gasteiger partial charge < -0.3 is 19.3 Å². The van der Waals surface area contributed by atoms with Crippen molar-refractivity contribution >= 4 is 12.4 Å². The highest BCUT2D eigenvalue weighted by Crippen LogP contribution is 2.34. The standard InChI is InChI=1S/C20H22N4O3.ClH/c1-25-14-20(9-11-21-12-10-20)19-23-18(24-27-19)15-7-8-17(22-13-15)26-16-5-3-2-4-6-16;/h2-8,13,21H,9-12,14H2,1H3;1H. The molecular weight excluding hydrogens is 380 g/mol. The molecule has 1 aliphatic rings. The Morgan fingerprint density at radius 3 is 2.57 bits per heavy atom. The summed E-state index contributed by atoms with van der Waals surface area (Å²) in [6.45, 7) is 2.39. The van der Waals surface area contributed by atoms with Gasteiger partial charge in [-0.2, -0.15) is 4.98 Å². The van der Waals surface area contributed by atoms with E-state index in [0.29, 0.717) is 24.2 Å². The van der Waals surface area contributed by atoms with Gasteiger partial charge in [0.25, 0.3) is 0 Å². The lowest BCUT2D eigenvalue weighted by atomic mass is 9.79. The number of halogens is 1. The predicted molar refractivity (Wildman–Crippen MR) is 107 cm³/mol. The van der Waals surface area contributed by atoms with Gasteiger partial charge in [0.05, 0.1) is 12.0 Å². The Hall–Kier alpha value is -2.48. The second-order valence-corrected chi connectivity index (χ2v) is 6.69. The molecule has 1 aliphatic heterocycles. The van der Waals surface area contributed by atoms with E-state index < -0.39 is 0 Å². The quantitative estimate of drug-likeness (QED) is 0.674. The van der Waals surface area contributed by atoms with Crippen LogP contribution >= 0.6 is 12.4 Å². The summed E-state index contributed by atoms with van der Waals surface area (Å²) in [6, 6.07) is 13.2. The van der Waals surface area contributed by atoms with Crippen LogP contribution in [0.4, 0.5) is 0 Å². The number of nitrogens with one attached hydrogen (secondary N) is 1. The number of rotatable bonds is 6. The third kappa shape index (κ3) is 4.32. The van der Waals surface area contributed by atoms with Gasteiger partial charge >= 0.3 is 0 Å². The molecule has 0 bridgehead atoms. The third-order valence-corrected chi connectivity index (χ3v) is 4.82. The zero-order chi connectivity index (χ0) is 18.5. The van der Waals surface area contributed by atoms with Crippen molar-refractivity contribution < 1.29 is 14.0 Å². The van der Waals surface area contributed by atoms with E-state index >= 15 is 0 Å². The normalized spacial score (nSPS) is 15.6. The van der Waals surface area contributed by atoms with Gasteiger partial charge in [-0.3, -0.25) is 0 Å². The lowest BCUT2D eigenvalue weighted by molar-refractivity contribution is 0.0850. The molecule has 3 aromatic rings. The fourth-order valence-corrected chi connectivity index (χ4v) is 3.34. The summed E-state index contributed by atoms with van der Waals surface area (Å²) in [4.78, 5) is 8.99. The monoisotopic (exact) mass is 402 g/mol. The molecule has 3 heterocycles. The molecular formula is C20H23ClN4O3. The highest BCUT2D eigenvalue weighted by Gasteiger charge is 2.39. The molecule has 0 aliphatic carbocycles. The summed E-state index contributed by atoms with van der Waals surface area (Å²) < 4.78 is 16.8. The van der Waals surface area contributed by atoms with Gasteiger partial charge in [-0.15, -0.1) is 12.4 Å². The summed E-state index contributed by atoms with van der Waals surface area (Å²) in [5.41, 5.74) is 0.557.